The highest BCUT2D eigenvalue weighted by Crippen LogP contribution is 2.31. The number of rotatable bonds is 5. The number of hydrogen-bond donors (Lipinski definition) is 0. The summed E-state index contributed by atoms with van der Waals surface area (Å²) in [4.78, 5) is 20.9. The fraction of sp³-hybridized carbons (Fsp3) is 0.150. The number of halogens is 4. The summed E-state index contributed by atoms with van der Waals surface area (Å²) in [7, 11) is -3.52. The molecule has 0 aliphatic carbocycles. The molecule has 11 heteroatoms. The van der Waals surface area contributed by atoms with E-state index in [2.05, 4.69) is 14.3 Å². The average molecular weight is 486 g/mol. The lowest BCUT2D eigenvalue weighted by Crippen LogP contribution is -2.12. The molecule has 1 atom stereocenters. The van der Waals surface area contributed by atoms with Crippen LogP contribution in [0, 0.1) is 0 Å². The maximum absolute atomic E-state index is 13.8. The molecule has 0 spiro atoms. The summed E-state index contributed by atoms with van der Waals surface area (Å²) in [5.74, 6) is -1.08. The summed E-state index contributed by atoms with van der Waals surface area (Å²) in [6.45, 7) is 0. The standard InChI is InChI=1S/C20H15ClF3N3O2S2/c1-30-19-25-15(11-17(21)26-19)12-31(29,27-18(28)13-5-3-2-4-6-13)16-9-7-14(8-10-16)20(22,23)24/h2-11H,12H2,1H3. The molecular formula is C20H15ClF3N3O2S2. The van der Waals surface area contributed by atoms with E-state index in [1.165, 1.54) is 30.0 Å². The topological polar surface area (TPSA) is 72.3 Å². The van der Waals surface area contributed by atoms with E-state index >= 15 is 0 Å². The number of hydrogen-bond acceptors (Lipinski definition) is 5. The quantitative estimate of drug-likeness (QED) is 0.262. The van der Waals surface area contributed by atoms with Crippen molar-refractivity contribution in [3.63, 3.8) is 0 Å². The van der Waals surface area contributed by atoms with Crippen molar-refractivity contribution >= 4 is 39.0 Å². The van der Waals surface area contributed by atoms with Crippen molar-refractivity contribution in [2.75, 3.05) is 6.26 Å². The lowest BCUT2D eigenvalue weighted by Gasteiger charge is -2.12. The molecular weight excluding hydrogens is 471 g/mol. The van der Waals surface area contributed by atoms with Gasteiger partial charge in [0.05, 0.1) is 26.7 Å². The monoisotopic (exact) mass is 485 g/mol. The van der Waals surface area contributed by atoms with Crippen molar-refractivity contribution in [3.05, 3.63) is 82.6 Å². The third kappa shape index (κ3) is 5.84. The van der Waals surface area contributed by atoms with E-state index in [1.807, 2.05) is 0 Å². The molecule has 0 N–H and O–H groups in total. The van der Waals surface area contributed by atoms with Crippen LogP contribution in [0.1, 0.15) is 21.6 Å². The zero-order valence-electron chi connectivity index (χ0n) is 16.0. The number of carbonyl (C=O) groups is 1. The van der Waals surface area contributed by atoms with E-state index < -0.39 is 27.4 Å². The Bertz CT molecular complexity index is 1210. The maximum Gasteiger partial charge on any atom is 0.416 e. The van der Waals surface area contributed by atoms with Gasteiger partial charge in [-0.05, 0) is 48.7 Å². The van der Waals surface area contributed by atoms with Crippen LogP contribution in [0.4, 0.5) is 13.2 Å². The van der Waals surface area contributed by atoms with Crippen LogP contribution < -0.4 is 0 Å². The fourth-order valence-corrected chi connectivity index (χ4v) is 5.07. The van der Waals surface area contributed by atoms with Crippen LogP contribution in [0.15, 0.2) is 75.1 Å². The van der Waals surface area contributed by atoms with E-state index in [0.717, 1.165) is 24.3 Å². The van der Waals surface area contributed by atoms with Gasteiger partial charge in [-0.2, -0.15) is 17.5 Å². The van der Waals surface area contributed by atoms with Crippen molar-refractivity contribution in [2.45, 2.75) is 22.0 Å². The van der Waals surface area contributed by atoms with E-state index in [1.54, 1.807) is 24.5 Å². The van der Waals surface area contributed by atoms with Crippen molar-refractivity contribution in [1.29, 1.82) is 0 Å². The van der Waals surface area contributed by atoms with E-state index in [-0.39, 0.29) is 27.1 Å². The zero-order chi connectivity index (χ0) is 22.6. The Morgan fingerprint density at radius 1 is 1.10 bits per heavy atom. The molecule has 162 valence electrons. The molecule has 0 bridgehead atoms. The SMILES string of the molecule is CSc1nc(Cl)cc(CS(=O)(=NC(=O)c2ccccc2)c2ccc(C(F)(F)F)cc2)n1. The minimum absolute atomic E-state index is 0.0229. The molecule has 1 heterocycles. The van der Waals surface area contributed by atoms with Crippen LogP contribution in [0.5, 0.6) is 0 Å². The molecule has 1 unspecified atom stereocenters. The lowest BCUT2D eigenvalue weighted by atomic mass is 10.2. The van der Waals surface area contributed by atoms with Crippen LogP contribution in [0.2, 0.25) is 5.15 Å². The molecule has 3 rings (SSSR count). The second kappa shape index (κ2) is 9.37. The highest BCUT2D eigenvalue weighted by molar-refractivity contribution is 7.98. The van der Waals surface area contributed by atoms with Crippen molar-refractivity contribution in [2.24, 2.45) is 4.36 Å². The van der Waals surface area contributed by atoms with E-state index in [9.17, 15) is 22.2 Å². The van der Waals surface area contributed by atoms with Gasteiger partial charge >= 0.3 is 6.18 Å². The second-order valence-corrected chi connectivity index (χ2v) is 9.62. The first kappa shape index (κ1) is 23.2. The molecule has 2 aromatic carbocycles. The van der Waals surface area contributed by atoms with Gasteiger partial charge in [0.15, 0.2) is 5.16 Å². The number of nitrogens with zero attached hydrogens (tertiary/aromatic N) is 3. The molecule has 3 aromatic rings. The summed E-state index contributed by atoms with van der Waals surface area (Å²) >= 11 is 7.21. The molecule has 0 saturated carbocycles. The van der Waals surface area contributed by atoms with Gasteiger partial charge in [0.25, 0.3) is 5.91 Å². The Hall–Kier alpha value is -2.43. The lowest BCUT2D eigenvalue weighted by molar-refractivity contribution is -0.137. The molecule has 0 fully saturated rings. The molecule has 0 aliphatic rings. The molecule has 0 radical (unpaired) electrons. The predicted molar refractivity (Wildman–Crippen MR) is 114 cm³/mol. The van der Waals surface area contributed by atoms with Crippen LogP contribution in [0.3, 0.4) is 0 Å². The van der Waals surface area contributed by atoms with Crippen LogP contribution in [-0.4, -0.2) is 26.3 Å². The summed E-state index contributed by atoms with van der Waals surface area (Å²) in [6, 6.07) is 13.1. The average Bonchev–Trinajstić information content (AvgIpc) is 2.73. The Labute approximate surface area is 186 Å². The summed E-state index contributed by atoms with van der Waals surface area (Å²) < 4.78 is 56.6. The van der Waals surface area contributed by atoms with Crippen LogP contribution >= 0.6 is 23.4 Å². The van der Waals surface area contributed by atoms with Gasteiger partial charge in [0.1, 0.15) is 5.15 Å². The minimum Gasteiger partial charge on any atom is -0.266 e. The minimum atomic E-state index is -4.55. The normalized spacial score (nSPS) is 13.5. The molecule has 1 amide bonds. The number of amides is 1. The highest BCUT2D eigenvalue weighted by Gasteiger charge is 2.30. The van der Waals surface area contributed by atoms with E-state index in [0.29, 0.717) is 5.16 Å². The fourth-order valence-electron chi connectivity index (χ4n) is 2.60. The smallest absolute Gasteiger partial charge is 0.266 e. The molecule has 0 aliphatic heterocycles. The summed E-state index contributed by atoms with van der Waals surface area (Å²) in [6.07, 6.45) is -2.82. The molecule has 5 nitrogen and oxygen atoms in total. The molecule has 31 heavy (non-hydrogen) atoms. The van der Waals surface area contributed by atoms with Crippen molar-refractivity contribution < 1.29 is 22.2 Å². The van der Waals surface area contributed by atoms with Crippen molar-refractivity contribution in [1.82, 2.24) is 9.97 Å². The summed E-state index contributed by atoms with van der Waals surface area (Å²) in [5.41, 5.74) is -0.450. The van der Waals surface area contributed by atoms with Gasteiger partial charge in [0, 0.05) is 10.5 Å². The van der Waals surface area contributed by atoms with Gasteiger partial charge < -0.3 is 0 Å². The van der Waals surface area contributed by atoms with Gasteiger partial charge in [-0.15, -0.1) is 0 Å². The van der Waals surface area contributed by atoms with Crippen LogP contribution in [0.25, 0.3) is 0 Å². The van der Waals surface area contributed by atoms with Gasteiger partial charge in [-0.1, -0.05) is 41.6 Å². The maximum atomic E-state index is 13.8. The largest absolute Gasteiger partial charge is 0.416 e. The zero-order valence-corrected chi connectivity index (χ0v) is 18.4. The molecule has 0 saturated heterocycles. The first-order valence-corrected chi connectivity index (χ1v) is 12.0. The van der Waals surface area contributed by atoms with Crippen molar-refractivity contribution in [3.8, 4) is 0 Å². The number of benzene rings is 2. The molecule has 1 aromatic heterocycles. The third-order valence-corrected chi connectivity index (χ3v) is 6.95. The van der Waals surface area contributed by atoms with Crippen LogP contribution in [-0.2, 0) is 21.7 Å². The highest BCUT2D eigenvalue weighted by atomic mass is 35.5. The first-order chi connectivity index (χ1) is 14.6. The van der Waals surface area contributed by atoms with E-state index in [4.69, 9.17) is 11.6 Å². The van der Waals surface area contributed by atoms with Gasteiger partial charge in [0.2, 0.25) is 0 Å². The first-order valence-electron chi connectivity index (χ1n) is 8.70. The summed E-state index contributed by atoms with van der Waals surface area (Å²) in [5, 5.41) is 0.434. The number of alkyl halides is 3. The third-order valence-electron chi connectivity index (χ3n) is 4.05. The Morgan fingerprint density at radius 3 is 2.32 bits per heavy atom. The number of thioether (sulfide) groups is 1. The van der Waals surface area contributed by atoms with Gasteiger partial charge in [-0.25, -0.2) is 14.2 Å². The van der Waals surface area contributed by atoms with Gasteiger partial charge in [-0.3, -0.25) is 4.79 Å². The Kier molecular flexibility index (Phi) is 7.03. The Morgan fingerprint density at radius 2 is 1.74 bits per heavy atom. The number of aromatic nitrogens is 2. The second-order valence-electron chi connectivity index (χ2n) is 6.24. The predicted octanol–water partition coefficient (Wildman–Crippen LogP) is 5.74. The number of carbonyl (C=O) groups excluding carboxylic acids is 1. The Balaban J connectivity index is 2.12.